The van der Waals surface area contributed by atoms with Crippen molar-refractivity contribution < 1.29 is 18.2 Å². The zero-order valence-corrected chi connectivity index (χ0v) is 27.5. The number of ether oxygens (including phenoxy) is 1. The average molecular weight is 613 g/mol. The molecular weight excluding hydrogens is 572 g/mol. The Morgan fingerprint density at radius 3 is 2.82 bits per heavy atom. The molecule has 0 radical (unpaired) electrons. The first kappa shape index (κ1) is 29.6. The number of fused-ring (bicyclic) bond motifs is 2. The minimum absolute atomic E-state index is 0.0531. The van der Waals surface area contributed by atoms with Gasteiger partial charge in [-0.2, -0.15) is 0 Å². The highest BCUT2D eigenvalue weighted by Gasteiger charge is 2.55. The van der Waals surface area contributed by atoms with Gasteiger partial charge in [-0.1, -0.05) is 44.3 Å². The van der Waals surface area contributed by atoms with E-state index in [1.165, 1.54) is 11.9 Å². The molecule has 7 atom stereocenters. The van der Waals surface area contributed by atoms with Gasteiger partial charge in [0.25, 0.3) is 5.56 Å². The van der Waals surface area contributed by atoms with Gasteiger partial charge in [0.15, 0.2) is 19.5 Å². The van der Waals surface area contributed by atoms with Gasteiger partial charge in [-0.15, -0.1) is 0 Å². The lowest BCUT2D eigenvalue weighted by atomic mass is 9.77. The molecule has 13 heteroatoms. The number of allylic oxidation sites excluding steroid dienone is 1. The molecule has 2 aromatic rings. The number of aromatic nitrogens is 4. The van der Waals surface area contributed by atoms with Gasteiger partial charge in [-0.25, -0.2) is 9.97 Å². The van der Waals surface area contributed by atoms with Gasteiger partial charge in [-0.05, 0) is 69.0 Å². The summed E-state index contributed by atoms with van der Waals surface area (Å²) in [6.45, 7) is 20.1. The lowest BCUT2D eigenvalue weighted by molar-refractivity contribution is -0.0370. The number of nitrogens with zero attached hydrogens (tertiary/aromatic N) is 3. The lowest BCUT2D eigenvalue weighted by Gasteiger charge is -2.37. The van der Waals surface area contributed by atoms with E-state index in [0.717, 1.165) is 19.3 Å². The fraction of sp³-hybridized carbons (Fsp3) is 0.731. The van der Waals surface area contributed by atoms with E-state index in [1.807, 2.05) is 4.57 Å². The van der Waals surface area contributed by atoms with Gasteiger partial charge in [0.2, 0.25) is 5.69 Å². The molecule has 2 aromatic heterocycles. The summed E-state index contributed by atoms with van der Waals surface area (Å²) in [7, 11) is -2.03. The molecule has 0 amide bonds. The maximum Gasteiger partial charge on any atom is 0.278 e. The van der Waals surface area contributed by atoms with Gasteiger partial charge < -0.3 is 23.2 Å². The molecule has 2 saturated heterocycles. The summed E-state index contributed by atoms with van der Waals surface area (Å²) in [6.07, 6.45) is 5.57. The molecule has 0 bridgehead atoms. The summed E-state index contributed by atoms with van der Waals surface area (Å²) in [4.78, 5) is 23.5. The van der Waals surface area contributed by atoms with E-state index >= 15 is 0 Å². The Hall–Kier alpha value is -0.853. The van der Waals surface area contributed by atoms with Crippen LogP contribution < -0.4 is 5.56 Å². The Balaban J connectivity index is 1.38. The van der Waals surface area contributed by atoms with Gasteiger partial charge in [0, 0.05) is 11.2 Å². The Kier molecular flexibility index (Phi) is 7.94. The quantitative estimate of drug-likeness (QED) is 0.219. The van der Waals surface area contributed by atoms with Gasteiger partial charge in [-0.3, -0.25) is 9.36 Å². The molecule has 1 aliphatic carbocycles. The highest BCUT2D eigenvalue weighted by Crippen LogP contribution is 2.76. The van der Waals surface area contributed by atoms with Crippen molar-refractivity contribution in [2.45, 2.75) is 108 Å². The maximum absolute atomic E-state index is 12.2. The SMILES string of the molecule is C=C(C)[C@@H]1CC[C@]2(C)S[P@@](=S)(O[C@H]3C[C@H](n4cnc5c(=O)[nH]cnc54)O[C@@H]3CO[Si](C)(C)C(C)(C)C)O[C@H]2C1. The molecule has 0 unspecified atom stereocenters. The zero-order chi connectivity index (χ0) is 28.4. The van der Waals surface area contributed by atoms with Crippen LogP contribution in [0.3, 0.4) is 0 Å². The van der Waals surface area contributed by atoms with Crippen LogP contribution in [0.2, 0.25) is 18.1 Å². The van der Waals surface area contributed by atoms with Crippen LogP contribution in [-0.2, 0) is 30.0 Å². The number of H-pyrrole nitrogens is 1. The highest BCUT2D eigenvalue weighted by molar-refractivity contribution is 8.68. The minimum atomic E-state index is -2.64. The second-order valence-electron chi connectivity index (χ2n) is 12.9. The first-order valence-electron chi connectivity index (χ1n) is 13.6. The van der Waals surface area contributed by atoms with Crippen molar-refractivity contribution >= 4 is 48.4 Å². The van der Waals surface area contributed by atoms with Gasteiger partial charge in [0.1, 0.15) is 12.3 Å². The number of aromatic amines is 1. The molecule has 9 nitrogen and oxygen atoms in total. The van der Waals surface area contributed by atoms with Crippen LogP contribution in [-0.4, -0.2) is 57.5 Å². The van der Waals surface area contributed by atoms with Crippen molar-refractivity contribution in [1.29, 1.82) is 0 Å². The average Bonchev–Trinajstić information content (AvgIpc) is 3.49. The van der Waals surface area contributed by atoms with Crippen molar-refractivity contribution in [1.82, 2.24) is 19.5 Å². The molecule has 216 valence electrons. The maximum atomic E-state index is 12.2. The first-order valence-corrected chi connectivity index (χ1v) is 20.6. The van der Waals surface area contributed by atoms with Crippen molar-refractivity contribution in [3.8, 4) is 0 Å². The highest BCUT2D eigenvalue weighted by atomic mass is 32.9. The second-order valence-corrected chi connectivity index (χ2v) is 24.3. The van der Waals surface area contributed by atoms with E-state index in [0.29, 0.717) is 24.6 Å². The zero-order valence-electron chi connectivity index (χ0n) is 23.9. The molecule has 3 aliphatic rings. The van der Waals surface area contributed by atoms with Gasteiger partial charge >= 0.3 is 0 Å². The number of hydrogen-bond acceptors (Lipinski definition) is 9. The van der Waals surface area contributed by atoms with Crippen molar-refractivity contribution in [3.63, 3.8) is 0 Å². The largest absolute Gasteiger partial charge is 0.414 e. The molecule has 1 saturated carbocycles. The Bertz CT molecular complexity index is 1360. The van der Waals surface area contributed by atoms with Crippen molar-refractivity contribution in [2.24, 2.45) is 5.92 Å². The fourth-order valence-electron chi connectivity index (χ4n) is 5.31. The molecule has 1 N–H and O–H groups in total. The predicted molar refractivity (Wildman–Crippen MR) is 162 cm³/mol. The fourth-order valence-corrected chi connectivity index (χ4v) is 13.9. The predicted octanol–water partition coefficient (Wildman–Crippen LogP) is 6.31. The van der Waals surface area contributed by atoms with E-state index in [-0.39, 0.29) is 39.2 Å². The van der Waals surface area contributed by atoms with Crippen LogP contribution >= 0.6 is 17.1 Å². The molecule has 0 spiro atoms. The third-order valence-electron chi connectivity index (χ3n) is 8.98. The van der Waals surface area contributed by atoms with Crippen molar-refractivity contribution in [3.05, 3.63) is 35.2 Å². The lowest BCUT2D eigenvalue weighted by Crippen LogP contribution is -2.44. The summed E-state index contributed by atoms with van der Waals surface area (Å²) in [5, 5.41) is 0.0631. The van der Waals surface area contributed by atoms with E-state index in [4.69, 9.17) is 30.0 Å². The minimum Gasteiger partial charge on any atom is -0.414 e. The number of imidazole rings is 1. The molecule has 3 fully saturated rings. The number of rotatable bonds is 7. The normalized spacial score (nSPS) is 35.4. The molecule has 39 heavy (non-hydrogen) atoms. The molecule has 2 aliphatic heterocycles. The molecular formula is C26H41N4O5PS2Si. The molecule has 5 rings (SSSR count). The first-order chi connectivity index (χ1) is 18.1. The van der Waals surface area contributed by atoms with Gasteiger partial charge in [0.05, 0.1) is 31.5 Å². The summed E-state index contributed by atoms with van der Waals surface area (Å²) < 4.78 is 28.3. The van der Waals surface area contributed by atoms with Crippen LogP contribution in [0, 0.1) is 5.92 Å². The van der Waals surface area contributed by atoms with E-state index in [1.54, 1.807) is 17.7 Å². The smallest absolute Gasteiger partial charge is 0.278 e. The second kappa shape index (κ2) is 10.5. The molecule has 4 heterocycles. The molecule has 0 aromatic carbocycles. The van der Waals surface area contributed by atoms with E-state index in [9.17, 15) is 4.79 Å². The van der Waals surface area contributed by atoms with Crippen LogP contribution in [0.15, 0.2) is 29.6 Å². The third-order valence-corrected chi connectivity index (χ3v) is 19.3. The number of hydrogen-bond donors (Lipinski definition) is 1. The topological polar surface area (TPSA) is 100 Å². The Morgan fingerprint density at radius 2 is 2.13 bits per heavy atom. The third kappa shape index (κ3) is 5.77. The van der Waals surface area contributed by atoms with Crippen LogP contribution in [0.4, 0.5) is 0 Å². The number of nitrogens with one attached hydrogen (secondary N) is 1. The Labute approximate surface area is 240 Å². The summed E-state index contributed by atoms with van der Waals surface area (Å²) in [5.74, 6) is 0.459. The summed E-state index contributed by atoms with van der Waals surface area (Å²) in [6, 6.07) is 0. The van der Waals surface area contributed by atoms with Crippen LogP contribution in [0.1, 0.15) is 66.5 Å². The van der Waals surface area contributed by atoms with Crippen LogP contribution in [0.25, 0.3) is 11.2 Å². The van der Waals surface area contributed by atoms with E-state index < -0.39 is 20.2 Å². The standard InChI is InChI=1S/C26H41N4O5PS2Si/c1-16(2)17-9-10-26(6)20(11-17)35-36(37,38-26)34-18-12-21(30-15-29-22-23(30)27-14-28-24(22)31)33-19(18)13-32-39(7,8)25(3,4)5/h14-15,17-21H,1,9-13H2,2-8H3,(H,27,28,31)/t17-,18+,19-,20+,21-,26+,36+/m1/s1. The Morgan fingerprint density at radius 1 is 1.38 bits per heavy atom. The summed E-state index contributed by atoms with van der Waals surface area (Å²) in [5.41, 5.74) is -0.948. The van der Waals surface area contributed by atoms with Crippen LogP contribution in [0.5, 0.6) is 0 Å². The van der Waals surface area contributed by atoms with Crippen molar-refractivity contribution in [2.75, 3.05) is 6.61 Å². The van der Waals surface area contributed by atoms with E-state index in [2.05, 4.69) is 69.2 Å². The monoisotopic (exact) mass is 612 g/mol. The summed E-state index contributed by atoms with van der Waals surface area (Å²) >= 11 is 7.86.